The summed E-state index contributed by atoms with van der Waals surface area (Å²) in [6.45, 7) is 3.38. The molecule has 0 radical (unpaired) electrons. The second-order valence-corrected chi connectivity index (χ2v) is 5.90. The van der Waals surface area contributed by atoms with Crippen LogP contribution in [0.15, 0.2) is 17.0 Å². The largest absolute Gasteiger partial charge is 0.491 e. The first-order chi connectivity index (χ1) is 7.36. The third-order valence-electron chi connectivity index (χ3n) is 2.04. The molecule has 0 saturated heterocycles. The summed E-state index contributed by atoms with van der Waals surface area (Å²) in [6.07, 6.45) is 0. The first kappa shape index (κ1) is 13.3. The van der Waals surface area contributed by atoms with Crippen molar-refractivity contribution < 1.29 is 18.3 Å². The van der Waals surface area contributed by atoms with E-state index in [-0.39, 0.29) is 18.1 Å². The van der Waals surface area contributed by atoms with Crippen LogP contribution in [0, 0.1) is 13.8 Å². The van der Waals surface area contributed by atoms with E-state index in [9.17, 15) is 8.42 Å². The predicted molar refractivity (Wildman–Crippen MR) is 61.5 cm³/mol. The number of aliphatic hydroxyl groups excluding tert-OH is 1. The summed E-state index contributed by atoms with van der Waals surface area (Å²) in [6, 6.07) is 3.16. The van der Waals surface area contributed by atoms with Crippen molar-refractivity contribution >= 4 is 19.7 Å². The second kappa shape index (κ2) is 5.03. The van der Waals surface area contributed by atoms with Gasteiger partial charge in [-0.2, -0.15) is 0 Å². The van der Waals surface area contributed by atoms with Crippen LogP contribution in [0.2, 0.25) is 0 Å². The van der Waals surface area contributed by atoms with E-state index in [1.807, 2.05) is 0 Å². The predicted octanol–water partition coefficient (Wildman–Crippen LogP) is 1.60. The molecule has 16 heavy (non-hydrogen) atoms. The molecule has 0 aromatic heterocycles. The number of hydrogen-bond acceptors (Lipinski definition) is 4. The van der Waals surface area contributed by atoms with Crippen molar-refractivity contribution in [1.82, 2.24) is 0 Å². The molecular weight excluding hydrogens is 252 g/mol. The Morgan fingerprint density at radius 1 is 1.31 bits per heavy atom. The van der Waals surface area contributed by atoms with E-state index in [0.717, 1.165) is 0 Å². The average Bonchev–Trinajstić information content (AvgIpc) is 2.11. The monoisotopic (exact) mass is 264 g/mol. The number of aliphatic hydroxyl groups is 1. The minimum Gasteiger partial charge on any atom is -0.491 e. The SMILES string of the molecule is Cc1cc(OCCO)cc(C)c1S(=O)(=O)Cl. The van der Waals surface area contributed by atoms with Gasteiger partial charge < -0.3 is 9.84 Å². The fourth-order valence-corrected chi connectivity index (χ4v) is 3.16. The molecule has 0 amide bonds. The zero-order valence-electron chi connectivity index (χ0n) is 9.03. The molecule has 0 aliphatic carbocycles. The number of halogens is 1. The summed E-state index contributed by atoms with van der Waals surface area (Å²) in [5, 5.41) is 8.61. The van der Waals surface area contributed by atoms with Gasteiger partial charge in [0.15, 0.2) is 0 Å². The molecular formula is C10H13ClO4S. The fraction of sp³-hybridized carbons (Fsp3) is 0.400. The third-order valence-corrected chi connectivity index (χ3v) is 3.63. The van der Waals surface area contributed by atoms with Crippen molar-refractivity contribution in [3.63, 3.8) is 0 Å². The van der Waals surface area contributed by atoms with Crippen molar-refractivity contribution in [2.24, 2.45) is 0 Å². The maximum Gasteiger partial charge on any atom is 0.261 e. The number of hydrogen-bond donors (Lipinski definition) is 1. The number of ether oxygens (including phenoxy) is 1. The van der Waals surface area contributed by atoms with E-state index in [1.54, 1.807) is 26.0 Å². The summed E-state index contributed by atoms with van der Waals surface area (Å²) >= 11 is 0. The van der Waals surface area contributed by atoms with Crippen molar-refractivity contribution in [1.29, 1.82) is 0 Å². The van der Waals surface area contributed by atoms with Crippen LogP contribution in [0.5, 0.6) is 5.75 Å². The van der Waals surface area contributed by atoms with E-state index in [2.05, 4.69) is 0 Å². The van der Waals surface area contributed by atoms with E-state index in [0.29, 0.717) is 16.9 Å². The van der Waals surface area contributed by atoms with Gasteiger partial charge in [0.05, 0.1) is 11.5 Å². The van der Waals surface area contributed by atoms with Gasteiger partial charge in [-0.1, -0.05) is 0 Å². The van der Waals surface area contributed by atoms with Crippen LogP contribution in [0.3, 0.4) is 0 Å². The van der Waals surface area contributed by atoms with Gasteiger partial charge in [-0.3, -0.25) is 0 Å². The van der Waals surface area contributed by atoms with Gasteiger partial charge in [-0.05, 0) is 37.1 Å². The molecule has 1 aromatic rings. The molecule has 1 rings (SSSR count). The average molecular weight is 265 g/mol. The Morgan fingerprint density at radius 2 is 1.81 bits per heavy atom. The topological polar surface area (TPSA) is 63.6 Å². The Labute approximate surface area is 99.2 Å². The van der Waals surface area contributed by atoms with E-state index in [4.69, 9.17) is 20.5 Å². The van der Waals surface area contributed by atoms with E-state index < -0.39 is 9.05 Å². The summed E-state index contributed by atoms with van der Waals surface area (Å²) in [4.78, 5) is 0.116. The van der Waals surface area contributed by atoms with Crippen LogP contribution in [-0.4, -0.2) is 26.7 Å². The molecule has 6 heteroatoms. The van der Waals surface area contributed by atoms with Gasteiger partial charge in [-0.15, -0.1) is 0 Å². The molecule has 0 aliphatic rings. The van der Waals surface area contributed by atoms with Gasteiger partial charge in [0.25, 0.3) is 9.05 Å². The molecule has 0 atom stereocenters. The number of aryl methyl sites for hydroxylation is 2. The maximum atomic E-state index is 11.3. The lowest BCUT2D eigenvalue weighted by Gasteiger charge is -2.10. The highest BCUT2D eigenvalue weighted by Crippen LogP contribution is 2.28. The lowest BCUT2D eigenvalue weighted by molar-refractivity contribution is 0.201. The minimum atomic E-state index is -3.73. The highest BCUT2D eigenvalue weighted by molar-refractivity contribution is 8.13. The fourth-order valence-electron chi connectivity index (χ4n) is 1.54. The Hall–Kier alpha value is -0.780. The standard InChI is InChI=1S/C10H13ClO4S/c1-7-5-9(15-4-3-12)6-8(2)10(7)16(11,13)14/h5-6,12H,3-4H2,1-2H3. The van der Waals surface area contributed by atoms with Gasteiger partial charge in [0.2, 0.25) is 0 Å². The maximum absolute atomic E-state index is 11.3. The zero-order chi connectivity index (χ0) is 12.3. The van der Waals surface area contributed by atoms with Crippen LogP contribution in [0.1, 0.15) is 11.1 Å². The molecule has 0 heterocycles. The van der Waals surface area contributed by atoms with E-state index >= 15 is 0 Å². The summed E-state index contributed by atoms with van der Waals surface area (Å²) < 4.78 is 27.8. The van der Waals surface area contributed by atoms with Crippen LogP contribution in [0.4, 0.5) is 0 Å². The zero-order valence-corrected chi connectivity index (χ0v) is 10.6. The van der Waals surface area contributed by atoms with E-state index in [1.165, 1.54) is 0 Å². The molecule has 0 unspecified atom stereocenters. The normalized spacial score (nSPS) is 11.5. The lowest BCUT2D eigenvalue weighted by Crippen LogP contribution is -2.04. The van der Waals surface area contributed by atoms with Crippen molar-refractivity contribution in [2.45, 2.75) is 18.7 Å². The second-order valence-electron chi connectivity index (χ2n) is 3.40. The molecule has 0 saturated carbocycles. The van der Waals surface area contributed by atoms with Crippen molar-refractivity contribution in [2.75, 3.05) is 13.2 Å². The molecule has 90 valence electrons. The lowest BCUT2D eigenvalue weighted by atomic mass is 10.1. The van der Waals surface area contributed by atoms with Gasteiger partial charge >= 0.3 is 0 Å². The van der Waals surface area contributed by atoms with Crippen LogP contribution in [0.25, 0.3) is 0 Å². The smallest absolute Gasteiger partial charge is 0.261 e. The van der Waals surface area contributed by atoms with Gasteiger partial charge in [0.1, 0.15) is 12.4 Å². The summed E-state index contributed by atoms with van der Waals surface area (Å²) in [7, 11) is 1.58. The first-order valence-corrected chi connectivity index (χ1v) is 6.96. The number of rotatable bonds is 4. The van der Waals surface area contributed by atoms with Gasteiger partial charge in [-0.25, -0.2) is 8.42 Å². The quantitative estimate of drug-likeness (QED) is 0.839. The Morgan fingerprint density at radius 3 is 2.19 bits per heavy atom. The highest BCUT2D eigenvalue weighted by atomic mass is 35.7. The Kier molecular flexibility index (Phi) is 4.18. The van der Waals surface area contributed by atoms with Crippen LogP contribution < -0.4 is 4.74 Å². The van der Waals surface area contributed by atoms with Gasteiger partial charge in [0, 0.05) is 10.7 Å². The molecule has 1 aromatic carbocycles. The molecule has 1 N–H and O–H groups in total. The molecule has 0 spiro atoms. The third kappa shape index (κ3) is 3.10. The summed E-state index contributed by atoms with van der Waals surface area (Å²) in [5.74, 6) is 0.521. The van der Waals surface area contributed by atoms with Crippen molar-refractivity contribution in [3.05, 3.63) is 23.3 Å². The summed E-state index contributed by atoms with van der Waals surface area (Å²) in [5.41, 5.74) is 1.06. The Bertz CT molecular complexity index is 459. The molecule has 4 nitrogen and oxygen atoms in total. The highest BCUT2D eigenvalue weighted by Gasteiger charge is 2.17. The van der Waals surface area contributed by atoms with Crippen LogP contribution in [-0.2, 0) is 9.05 Å². The Balaban J connectivity index is 3.18. The van der Waals surface area contributed by atoms with Crippen molar-refractivity contribution in [3.8, 4) is 5.75 Å². The first-order valence-electron chi connectivity index (χ1n) is 4.66. The molecule has 0 bridgehead atoms. The minimum absolute atomic E-state index is 0.0896. The molecule has 0 fully saturated rings. The molecule has 0 aliphatic heterocycles. The number of benzene rings is 1. The van der Waals surface area contributed by atoms with Crippen LogP contribution >= 0.6 is 10.7 Å².